The second kappa shape index (κ2) is 11.1. The summed E-state index contributed by atoms with van der Waals surface area (Å²) < 4.78 is 34.1. The summed E-state index contributed by atoms with van der Waals surface area (Å²) in [6.07, 6.45) is 1.23. The van der Waals surface area contributed by atoms with Crippen LogP contribution in [-0.2, 0) is 14.4 Å². The van der Waals surface area contributed by atoms with E-state index in [4.69, 9.17) is 4.74 Å². The first kappa shape index (κ1) is 29.3. The lowest BCUT2D eigenvalue weighted by Gasteiger charge is -2.36. The zero-order valence-electron chi connectivity index (χ0n) is 23.9. The minimum absolute atomic E-state index is 0.166. The molecule has 2 aromatic rings. The van der Waals surface area contributed by atoms with Crippen molar-refractivity contribution >= 4 is 29.5 Å². The van der Waals surface area contributed by atoms with Gasteiger partial charge in [-0.1, -0.05) is 43.2 Å². The molecule has 44 heavy (non-hydrogen) atoms. The summed E-state index contributed by atoms with van der Waals surface area (Å²) in [7, 11) is 1.46. The summed E-state index contributed by atoms with van der Waals surface area (Å²) in [5.74, 6) is -3.91. The summed E-state index contributed by atoms with van der Waals surface area (Å²) in [6.45, 7) is -0.378. The van der Waals surface area contributed by atoms with Gasteiger partial charge in [-0.2, -0.15) is 5.26 Å². The monoisotopic (exact) mass is 607 g/mol. The van der Waals surface area contributed by atoms with Crippen LogP contribution in [0.5, 0.6) is 5.75 Å². The largest absolute Gasteiger partial charge is 0.473 e. The number of likely N-dealkylation sites (N-methyl/N-ethyl adjacent to an activating group) is 1. The third kappa shape index (κ3) is 5.08. The molecule has 5 atom stereocenters. The van der Waals surface area contributed by atoms with Gasteiger partial charge in [0.2, 0.25) is 17.4 Å². The van der Waals surface area contributed by atoms with E-state index in [0.29, 0.717) is 18.9 Å². The lowest BCUT2D eigenvalue weighted by molar-refractivity contribution is -0.148. The summed E-state index contributed by atoms with van der Waals surface area (Å²) in [6, 6.07) is 8.94. The predicted octanol–water partition coefficient (Wildman–Crippen LogP) is 3.67. The number of rotatable bonds is 6. The van der Waals surface area contributed by atoms with Gasteiger partial charge in [-0.05, 0) is 30.7 Å². The highest BCUT2D eigenvalue weighted by atomic mass is 19.1. The van der Waals surface area contributed by atoms with Crippen LogP contribution in [0, 0.1) is 28.9 Å². The van der Waals surface area contributed by atoms with Crippen LogP contribution in [0.1, 0.15) is 50.1 Å². The van der Waals surface area contributed by atoms with Crippen LogP contribution in [0.4, 0.5) is 19.3 Å². The van der Waals surface area contributed by atoms with Crippen LogP contribution in [0.15, 0.2) is 42.5 Å². The molecule has 0 aromatic heterocycles. The number of amides is 4. The van der Waals surface area contributed by atoms with E-state index in [0.717, 1.165) is 29.4 Å². The zero-order chi connectivity index (χ0) is 31.3. The van der Waals surface area contributed by atoms with E-state index in [1.807, 2.05) is 24.3 Å². The molecule has 230 valence electrons. The summed E-state index contributed by atoms with van der Waals surface area (Å²) >= 11 is 0. The molecule has 1 saturated carbocycles. The minimum atomic E-state index is -1.77. The number of nitriles is 1. The van der Waals surface area contributed by atoms with Crippen LogP contribution >= 0.6 is 0 Å². The van der Waals surface area contributed by atoms with Crippen molar-refractivity contribution in [1.29, 1.82) is 5.26 Å². The molecule has 11 nitrogen and oxygen atoms in total. The van der Waals surface area contributed by atoms with Gasteiger partial charge in [0.1, 0.15) is 29.6 Å². The third-order valence-corrected chi connectivity index (χ3v) is 9.16. The van der Waals surface area contributed by atoms with E-state index in [2.05, 4.69) is 5.32 Å². The summed E-state index contributed by atoms with van der Waals surface area (Å²) in [5.41, 5.74) is -1.33. The first-order valence-corrected chi connectivity index (χ1v) is 14.6. The van der Waals surface area contributed by atoms with Crippen molar-refractivity contribution in [1.82, 2.24) is 14.7 Å². The van der Waals surface area contributed by atoms with Gasteiger partial charge in [-0.15, -0.1) is 0 Å². The number of halogens is 2. The molecule has 2 N–H and O–H groups in total. The minimum Gasteiger partial charge on any atom is -0.473 e. The molecule has 0 bridgehead atoms. The van der Waals surface area contributed by atoms with Crippen LogP contribution in [0.3, 0.4) is 0 Å². The van der Waals surface area contributed by atoms with E-state index in [9.17, 15) is 38.3 Å². The highest BCUT2D eigenvalue weighted by Gasteiger charge is 2.57. The maximum Gasteiger partial charge on any atom is 0.408 e. The van der Waals surface area contributed by atoms with Crippen molar-refractivity contribution in [2.45, 2.75) is 68.3 Å². The summed E-state index contributed by atoms with van der Waals surface area (Å²) in [5, 5.41) is 22.5. The molecule has 1 aliphatic carbocycles. The van der Waals surface area contributed by atoms with Gasteiger partial charge in [-0.3, -0.25) is 19.3 Å². The summed E-state index contributed by atoms with van der Waals surface area (Å²) in [4.78, 5) is 57.3. The molecule has 3 aliphatic heterocycles. The van der Waals surface area contributed by atoms with Gasteiger partial charge < -0.3 is 25.0 Å². The van der Waals surface area contributed by atoms with Crippen LogP contribution in [0.25, 0.3) is 0 Å². The number of ether oxygens (including phenoxy) is 1. The van der Waals surface area contributed by atoms with Crippen molar-refractivity contribution in [2.75, 3.05) is 18.9 Å². The number of benzene rings is 2. The number of carbonyl (C=O) groups is 4. The van der Waals surface area contributed by atoms with Crippen molar-refractivity contribution < 1.29 is 37.8 Å². The van der Waals surface area contributed by atoms with Gasteiger partial charge >= 0.3 is 6.09 Å². The molecule has 0 radical (unpaired) electrons. The van der Waals surface area contributed by atoms with E-state index in [1.54, 1.807) is 12.1 Å². The highest BCUT2D eigenvalue weighted by Crippen LogP contribution is 2.43. The van der Waals surface area contributed by atoms with E-state index in [1.165, 1.54) is 16.8 Å². The average molecular weight is 608 g/mol. The Balaban J connectivity index is 1.25. The molecule has 6 rings (SSSR count). The molecule has 2 aromatic carbocycles. The average Bonchev–Trinajstić information content (AvgIpc) is 3.58. The number of carbonyl (C=O) groups excluding carboxylic acids is 3. The Labute approximate surface area is 252 Å². The van der Waals surface area contributed by atoms with E-state index < -0.39 is 65.2 Å². The van der Waals surface area contributed by atoms with Crippen molar-refractivity contribution in [3.8, 4) is 11.8 Å². The predicted molar refractivity (Wildman–Crippen MR) is 150 cm³/mol. The van der Waals surface area contributed by atoms with Gasteiger partial charge in [0, 0.05) is 25.6 Å². The van der Waals surface area contributed by atoms with Gasteiger partial charge in [-0.25, -0.2) is 13.6 Å². The Bertz CT molecular complexity index is 1560. The fraction of sp³-hybridized carbons (Fsp3) is 0.452. The van der Waals surface area contributed by atoms with Crippen molar-refractivity contribution in [2.24, 2.45) is 5.92 Å². The van der Waals surface area contributed by atoms with Crippen LogP contribution < -0.4 is 10.1 Å². The van der Waals surface area contributed by atoms with Crippen molar-refractivity contribution in [3.05, 3.63) is 59.7 Å². The van der Waals surface area contributed by atoms with E-state index in [-0.39, 0.29) is 36.7 Å². The number of hydrogen-bond donors (Lipinski definition) is 2. The highest BCUT2D eigenvalue weighted by molar-refractivity contribution is 6.02. The maximum atomic E-state index is 14.3. The first-order valence-electron chi connectivity index (χ1n) is 14.6. The normalized spacial score (nSPS) is 26.4. The number of carboxylic acid groups (broad SMARTS) is 1. The maximum absolute atomic E-state index is 14.3. The quantitative estimate of drug-likeness (QED) is 0.510. The first-order chi connectivity index (χ1) is 21.0. The van der Waals surface area contributed by atoms with Crippen LogP contribution in [-0.4, -0.2) is 80.9 Å². The number of anilines is 1. The molecule has 0 unspecified atom stereocenters. The number of likely N-dealkylation sites (tertiary alicyclic amines) is 2. The smallest absolute Gasteiger partial charge is 0.408 e. The lowest BCUT2D eigenvalue weighted by Crippen LogP contribution is -2.57. The molecular formula is C31H31F2N5O6. The second-order valence-electron chi connectivity index (χ2n) is 12.0. The second-order valence-corrected chi connectivity index (χ2v) is 12.0. The third-order valence-electron chi connectivity index (χ3n) is 9.16. The molecule has 1 spiro atoms. The molecule has 2 saturated heterocycles. The Hall–Kier alpha value is -4.73. The fourth-order valence-electron chi connectivity index (χ4n) is 6.69. The Morgan fingerprint density at radius 2 is 1.91 bits per heavy atom. The number of nitrogens with zero attached hydrogens (tertiary/aromatic N) is 4. The van der Waals surface area contributed by atoms with Gasteiger partial charge in [0.05, 0.1) is 18.7 Å². The number of fused-ring (bicyclic) bond motifs is 1. The molecule has 13 heteroatoms. The Kier molecular flexibility index (Phi) is 7.39. The number of nitrogens with one attached hydrogen (secondary N) is 1. The lowest BCUT2D eigenvalue weighted by atomic mass is 9.97. The molecule has 3 fully saturated rings. The number of hydrogen-bond acceptors (Lipinski definition) is 6. The SMILES string of the molecule is CN(C(=O)[C@@H]1CC[C@@H](c2ccccc2)N1C(=O)O)[C@@H](CC1CC1)C(=O)N1C[C@@]2(C[C@H]1C#N)Oc1cc(F)cc(F)c1NC2=O. The van der Waals surface area contributed by atoms with Crippen molar-refractivity contribution in [3.63, 3.8) is 0 Å². The topological polar surface area (TPSA) is 143 Å². The standard InChI is InChI=1S/C31H31F2N5O6/c1-36(27(39)23-10-9-22(38(23)30(42)43)18-5-3-2-4-6-18)24(11-17-7-8-17)28(40)37-16-31(14-20(37)15-34)29(41)35-26-21(33)12-19(32)13-25(26)44-31/h2-6,12-13,17,20,22-24H,7-11,14,16H2,1H3,(H,35,41)(H,42,43)/t20-,22-,23-,24-,31+/m0/s1. The Morgan fingerprint density at radius 3 is 2.57 bits per heavy atom. The van der Waals surface area contributed by atoms with E-state index >= 15 is 0 Å². The molecule has 4 amide bonds. The van der Waals surface area contributed by atoms with Gasteiger partial charge in [0.25, 0.3) is 5.91 Å². The molecular weight excluding hydrogens is 576 g/mol. The fourth-order valence-corrected chi connectivity index (χ4v) is 6.69. The Morgan fingerprint density at radius 1 is 1.18 bits per heavy atom. The molecule has 3 heterocycles. The van der Waals surface area contributed by atoms with Gasteiger partial charge in [0.15, 0.2) is 11.6 Å². The van der Waals surface area contributed by atoms with Crippen LogP contribution in [0.2, 0.25) is 0 Å². The molecule has 4 aliphatic rings. The zero-order valence-corrected chi connectivity index (χ0v) is 23.9.